The number of piperidine rings is 1. The van der Waals surface area contributed by atoms with E-state index in [2.05, 4.69) is 33.9 Å². The molecule has 1 unspecified atom stereocenters. The molecular formula is C22H26ClN3O3. The number of fused-ring (bicyclic) bond motifs is 1. The number of hydrogen-bond donors (Lipinski definition) is 0. The van der Waals surface area contributed by atoms with E-state index in [0.29, 0.717) is 32.8 Å². The standard InChI is InChI=1S/C22H26ClN3O3/c23-18-5-2-1-4-17(18)21-19-6-3-9-24(19)12-13-26(21)16-20(27)25-10-7-22(8-11-25)28-14-15-29-22/h1-6,9,21H,7-8,10-16H2. The van der Waals surface area contributed by atoms with Gasteiger partial charge in [0.05, 0.1) is 25.8 Å². The van der Waals surface area contributed by atoms with Gasteiger partial charge in [-0.25, -0.2) is 0 Å². The van der Waals surface area contributed by atoms with Crippen molar-refractivity contribution in [2.45, 2.75) is 31.2 Å². The predicted octanol–water partition coefficient (Wildman–Crippen LogP) is 2.91. The second-order valence-electron chi connectivity index (χ2n) is 8.01. The summed E-state index contributed by atoms with van der Waals surface area (Å²) in [6, 6.07) is 12.1. The lowest BCUT2D eigenvalue weighted by Gasteiger charge is -2.40. The Morgan fingerprint density at radius 1 is 1.03 bits per heavy atom. The number of carbonyl (C=O) groups excluding carboxylic acids is 1. The van der Waals surface area contributed by atoms with E-state index < -0.39 is 5.79 Å². The third-order valence-electron chi connectivity index (χ3n) is 6.37. The van der Waals surface area contributed by atoms with Gasteiger partial charge in [0, 0.05) is 55.9 Å². The topological polar surface area (TPSA) is 46.9 Å². The number of halogens is 1. The van der Waals surface area contributed by atoms with Crippen molar-refractivity contribution in [1.82, 2.24) is 14.4 Å². The van der Waals surface area contributed by atoms with Crippen LogP contribution in [0.15, 0.2) is 42.6 Å². The van der Waals surface area contributed by atoms with Gasteiger partial charge in [0.2, 0.25) is 5.91 Å². The second-order valence-corrected chi connectivity index (χ2v) is 8.42. The van der Waals surface area contributed by atoms with Gasteiger partial charge in [-0.2, -0.15) is 0 Å². The van der Waals surface area contributed by atoms with E-state index in [1.807, 2.05) is 23.1 Å². The summed E-state index contributed by atoms with van der Waals surface area (Å²) in [4.78, 5) is 17.4. The lowest BCUT2D eigenvalue weighted by Crippen LogP contribution is -2.51. The molecule has 2 saturated heterocycles. The maximum absolute atomic E-state index is 13.1. The Morgan fingerprint density at radius 3 is 2.55 bits per heavy atom. The number of aromatic nitrogens is 1. The van der Waals surface area contributed by atoms with Crippen molar-refractivity contribution in [2.75, 3.05) is 39.4 Å². The first-order chi connectivity index (χ1) is 14.2. The first-order valence-electron chi connectivity index (χ1n) is 10.3. The van der Waals surface area contributed by atoms with E-state index in [4.69, 9.17) is 21.1 Å². The number of carbonyl (C=O) groups is 1. The summed E-state index contributed by atoms with van der Waals surface area (Å²) in [6.45, 7) is 4.74. The minimum atomic E-state index is -0.456. The largest absolute Gasteiger partial charge is 0.348 e. The normalized spacial score (nSPS) is 24.0. The highest BCUT2D eigenvalue weighted by atomic mass is 35.5. The first kappa shape index (κ1) is 19.1. The van der Waals surface area contributed by atoms with Crippen molar-refractivity contribution in [3.63, 3.8) is 0 Å². The number of rotatable bonds is 3. The molecular weight excluding hydrogens is 390 g/mol. The Bertz CT molecular complexity index is 883. The average Bonchev–Trinajstić information content (AvgIpc) is 3.39. The van der Waals surface area contributed by atoms with E-state index in [-0.39, 0.29) is 11.9 Å². The van der Waals surface area contributed by atoms with Crippen molar-refractivity contribution >= 4 is 17.5 Å². The maximum atomic E-state index is 13.1. The lowest BCUT2D eigenvalue weighted by atomic mass is 9.99. The van der Waals surface area contributed by atoms with Crippen molar-refractivity contribution in [3.8, 4) is 0 Å². The van der Waals surface area contributed by atoms with Gasteiger partial charge in [0.25, 0.3) is 0 Å². The number of hydrogen-bond acceptors (Lipinski definition) is 4. The third kappa shape index (κ3) is 3.59. The number of nitrogens with zero attached hydrogens (tertiary/aromatic N) is 3. The van der Waals surface area contributed by atoms with Crippen LogP contribution in [0.5, 0.6) is 0 Å². The molecule has 4 heterocycles. The summed E-state index contributed by atoms with van der Waals surface area (Å²) in [7, 11) is 0. The third-order valence-corrected chi connectivity index (χ3v) is 6.71. The maximum Gasteiger partial charge on any atom is 0.236 e. The molecule has 1 aromatic heterocycles. The minimum absolute atomic E-state index is 0.0194. The minimum Gasteiger partial charge on any atom is -0.348 e. The molecule has 3 aliphatic heterocycles. The molecule has 5 rings (SSSR count). The summed E-state index contributed by atoms with van der Waals surface area (Å²) in [5.41, 5.74) is 2.23. The molecule has 0 bridgehead atoms. The molecule has 7 heteroatoms. The molecule has 1 spiro atoms. The zero-order chi connectivity index (χ0) is 19.8. The van der Waals surface area contributed by atoms with Gasteiger partial charge < -0.3 is 18.9 Å². The van der Waals surface area contributed by atoms with E-state index in [1.165, 1.54) is 5.69 Å². The second kappa shape index (κ2) is 7.76. The van der Waals surface area contributed by atoms with Crippen LogP contribution < -0.4 is 0 Å². The SMILES string of the molecule is O=C(CN1CCn2cccc2C1c1ccccc1Cl)N1CCC2(CC1)OCCO2. The Morgan fingerprint density at radius 2 is 1.79 bits per heavy atom. The van der Waals surface area contributed by atoms with E-state index in [0.717, 1.165) is 36.5 Å². The zero-order valence-corrected chi connectivity index (χ0v) is 17.2. The smallest absolute Gasteiger partial charge is 0.236 e. The quantitative estimate of drug-likeness (QED) is 0.773. The van der Waals surface area contributed by atoms with Crippen LogP contribution in [0.1, 0.15) is 30.1 Å². The Hall–Kier alpha value is -1.86. The molecule has 0 N–H and O–H groups in total. The van der Waals surface area contributed by atoms with Crippen LogP contribution >= 0.6 is 11.6 Å². The van der Waals surface area contributed by atoms with Gasteiger partial charge in [0.15, 0.2) is 5.79 Å². The molecule has 2 aromatic rings. The van der Waals surface area contributed by atoms with E-state index >= 15 is 0 Å². The molecule has 6 nitrogen and oxygen atoms in total. The van der Waals surface area contributed by atoms with Crippen LogP contribution in [0, 0.1) is 0 Å². The Kier molecular flexibility index (Phi) is 5.12. The highest BCUT2D eigenvalue weighted by Gasteiger charge is 2.41. The van der Waals surface area contributed by atoms with Gasteiger partial charge in [0.1, 0.15) is 0 Å². The number of benzene rings is 1. The molecule has 0 aliphatic carbocycles. The van der Waals surface area contributed by atoms with E-state index in [1.54, 1.807) is 0 Å². The van der Waals surface area contributed by atoms with Crippen LogP contribution in [-0.2, 0) is 20.8 Å². The van der Waals surface area contributed by atoms with Gasteiger partial charge in [-0.3, -0.25) is 9.69 Å². The monoisotopic (exact) mass is 415 g/mol. The summed E-state index contributed by atoms with van der Waals surface area (Å²) in [6.07, 6.45) is 3.59. The van der Waals surface area contributed by atoms with Crippen LogP contribution in [0.3, 0.4) is 0 Å². The van der Waals surface area contributed by atoms with Crippen molar-refractivity contribution in [3.05, 3.63) is 58.9 Å². The average molecular weight is 416 g/mol. The van der Waals surface area contributed by atoms with Crippen LogP contribution in [0.25, 0.3) is 0 Å². The molecule has 0 saturated carbocycles. The molecule has 2 fully saturated rings. The van der Waals surface area contributed by atoms with Gasteiger partial charge in [-0.15, -0.1) is 0 Å². The molecule has 29 heavy (non-hydrogen) atoms. The summed E-state index contributed by atoms with van der Waals surface area (Å²) < 4.78 is 13.8. The highest BCUT2D eigenvalue weighted by molar-refractivity contribution is 6.31. The summed E-state index contributed by atoms with van der Waals surface area (Å²) in [5.74, 6) is -0.294. The van der Waals surface area contributed by atoms with E-state index in [9.17, 15) is 4.79 Å². The summed E-state index contributed by atoms with van der Waals surface area (Å²) in [5, 5.41) is 0.736. The zero-order valence-electron chi connectivity index (χ0n) is 16.4. The molecule has 1 aromatic carbocycles. The Labute approximate surface area is 175 Å². The molecule has 1 amide bonds. The van der Waals surface area contributed by atoms with Crippen molar-refractivity contribution < 1.29 is 14.3 Å². The predicted molar refractivity (Wildman–Crippen MR) is 110 cm³/mol. The molecule has 154 valence electrons. The van der Waals surface area contributed by atoms with Crippen molar-refractivity contribution in [1.29, 1.82) is 0 Å². The van der Waals surface area contributed by atoms with Gasteiger partial charge in [-0.05, 0) is 23.8 Å². The molecule has 3 aliphatic rings. The van der Waals surface area contributed by atoms with Crippen LogP contribution in [-0.4, -0.2) is 65.5 Å². The fourth-order valence-corrected chi connectivity index (χ4v) is 5.05. The highest BCUT2D eigenvalue weighted by Crippen LogP contribution is 2.36. The lowest BCUT2D eigenvalue weighted by molar-refractivity contribution is -0.187. The number of amides is 1. The van der Waals surface area contributed by atoms with Crippen molar-refractivity contribution in [2.24, 2.45) is 0 Å². The fourth-order valence-electron chi connectivity index (χ4n) is 4.81. The Balaban J connectivity index is 1.33. The fraction of sp³-hybridized carbons (Fsp3) is 0.500. The van der Waals surface area contributed by atoms with Crippen LogP contribution in [0.2, 0.25) is 5.02 Å². The number of likely N-dealkylation sites (tertiary alicyclic amines) is 1. The molecule has 0 radical (unpaired) electrons. The molecule has 1 atom stereocenters. The van der Waals surface area contributed by atoms with Crippen LogP contribution in [0.4, 0.5) is 0 Å². The first-order valence-corrected chi connectivity index (χ1v) is 10.7. The van der Waals surface area contributed by atoms with Gasteiger partial charge >= 0.3 is 0 Å². The van der Waals surface area contributed by atoms with Gasteiger partial charge in [-0.1, -0.05) is 29.8 Å². The number of ether oxygens (including phenoxy) is 2. The summed E-state index contributed by atoms with van der Waals surface area (Å²) >= 11 is 6.55.